The van der Waals surface area contributed by atoms with E-state index in [1.165, 1.54) is 0 Å². The Kier molecular flexibility index (Phi) is 2.03. The lowest BCUT2D eigenvalue weighted by atomic mass is 10.4. The van der Waals surface area contributed by atoms with E-state index in [0.717, 1.165) is 16.9 Å². The van der Waals surface area contributed by atoms with E-state index in [-0.39, 0.29) is 11.3 Å². The summed E-state index contributed by atoms with van der Waals surface area (Å²) < 4.78 is 25.3. The van der Waals surface area contributed by atoms with Crippen LogP contribution in [0.4, 0.5) is 8.78 Å². The van der Waals surface area contributed by atoms with Crippen LogP contribution in [0, 0.1) is 0 Å². The number of aromatic carboxylic acids is 1. The van der Waals surface area contributed by atoms with Gasteiger partial charge < -0.3 is 5.11 Å². The molecule has 0 bridgehead atoms. The van der Waals surface area contributed by atoms with Crippen LogP contribution in [0.1, 0.15) is 22.6 Å². The van der Waals surface area contributed by atoms with Crippen LogP contribution in [0.2, 0.25) is 0 Å². The Morgan fingerprint density at radius 1 is 1.53 bits per heavy atom. The average Bonchev–Trinajstić information content (AvgIpc) is 2.59. The number of carboxylic acids is 1. The highest BCUT2D eigenvalue weighted by molar-refractivity contribution is 5.86. The van der Waals surface area contributed by atoms with E-state index in [1.807, 2.05) is 0 Å². The summed E-state index contributed by atoms with van der Waals surface area (Å²) >= 11 is 0. The molecule has 0 saturated heterocycles. The smallest absolute Gasteiger partial charge is 0.338 e. The highest BCUT2D eigenvalue weighted by atomic mass is 19.3. The summed E-state index contributed by atoms with van der Waals surface area (Å²) in [5, 5.41) is 12.0. The Morgan fingerprint density at radius 3 is 2.87 bits per heavy atom. The van der Waals surface area contributed by atoms with Crippen LogP contribution < -0.4 is 0 Å². The second-order valence-electron chi connectivity index (χ2n) is 2.66. The largest absolute Gasteiger partial charge is 0.478 e. The fourth-order valence-corrected chi connectivity index (χ4v) is 1.00. The Hall–Kier alpha value is -2.12. The maximum absolute atomic E-state index is 12.2. The first-order valence-electron chi connectivity index (χ1n) is 3.81. The number of nitrogens with zero attached hydrogens (tertiary/aromatic N) is 4. The molecule has 0 fully saturated rings. The van der Waals surface area contributed by atoms with E-state index in [2.05, 4.69) is 15.1 Å². The molecule has 0 spiro atoms. The van der Waals surface area contributed by atoms with Gasteiger partial charge in [0.25, 0.3) is 12.2 Å². The molecule has 0 aliphatic carbocycles. The zero-order valence-corrected chi connectivity index (χ0v) is 7.13. The molecular formula is C7H4F2N4O2. The Balaban J connectivity index is 2.57. The quantitative estimate of drug-likeness (QED) is 0.798. The van der Waals surface area contributed by atoms with Gasteiger partial charge in [0, 0.05) is 12.4 Å². The van der Waals surface area contributed by atoms with Crippen molar-refractivity contribution >= 4 is 11.7 Å². The van der Waals surface area contributed by atoms with Gasteiger partial charge in [-0.1, -0.05) is 0 Å². The topological polar surface area (TPSA) is 80.4 Å². The minimum atomic E-state index is -2.81. The molecule has 2 aromatic heterocycles. The number of rotatable bonds is 2. The Bertz CT molecular complexity index is 525. The van der Waals surface area contributed by atoms with Crippen molar-refractivity contribution < 1.29 is 18.7 Å². The average molecular weight is 214 g/mol. The standard InChI is InChI=1S/C7H4F2N4O2/c8-4(9)5-11-7-10-1-3(6(14)15)2-13(7)12-5/h1-2,4H,(H,14,15). The van der Waals surface area contributed by atoms with Crippen LogP contribution in [0.15, 0.2) is 12.4 Å². The van der Waals surface area contributed by atoms with Crippen molar-refractivity contribution in [3.05, 3.63) is 23.8 Å². The van der Waals surface area contributed by atoms with Crippen molar-refractivity contribution in [1.29, 1.82) is 0 Å². The molecule has 0 saturated carbocycles. The highest BCUT2D eigenvalue weighted by Gasteiger charge is 2.15. The van der Waals surface area contributed by atoms with E-state index in [4.69, 9.17) is 5.11 Å². The molecule has 2 rings (SSSR count). The zero-order valence-electron chi connectivity index (χ0n) is 7.13. The third-order valence-electron chi connectivity index (χ3n) is 1.65. The van der Waals surface area contributed by atoms with Crippen LogP contribution in [0.25, 0.3) is 5.78 Å². The second kappa shape index (κ2) is 3.23. The summed E-state index contributed by atoms with van der Waals surface area (Å²) in [5.74, 6) is -1.95. The van der Waals surface area contributed by atoms with Gasteiger partial charge in [0.1, 0.15) is 0 Å². The lowest BCUT2D eigenvalue weighted by Crippen LogP contribution is -2.01. The number of carboxylic acid groups (broad SMARTS) is 1. The second-order valence-corrected chi connectivity index (χ2v) is 2.66. The SMILES string of the molecule is O=C(O)c1cnc2nc(C(F)F)nn2c1. The Labute approximate surface area is 81.2 Å². The Morgan fingerprint density at radius 2 is 2.27 bits per heavy atom. The van der Waals surface area contributed by atoms with Gasteiger partial charge in [0.2, 0.25) is 5.82 Å². The van der Waals surface area contributed by atoms with Crippen molar-refractivity contribution in [2.45, 2.75) is 6.43 Å². The highest BCUT2D eigenvalue weighted by Crippen LogP contribution is 2.14. The monoisotopic (exact) mass is 214 g/mol. The summed E-state index contributed by atoms with van der Waals surface area (Å²) in [6.45, 7) is 0. The van der Waals surface area contributed by atoms with Crippen molar-refractivity contribution in [3.63, 3.8) is 0 Å². The van der Waals surface area contributed by atoms with Gasteiger partial charge in [0.05, 0.1) is 5.56 Å². The lowest BCUT2D eigenvalue weighted by Gasteiger charge is -1.92. The fourth-order valence-electron chi connectivity index (χ4n) is 1.00. The number of halogens is 2. The number of carbonyl (C=O) groups is 1. The molecule has 0 radical (unpaired) electrons. The molecule has 15 heavy (non-hydrogen) atoms. The van der Waals surface area contributed by atoms with Crippen LogP contribution >= 0.6 is 0 Å². The van der Waals surface area contributed by atoms with E-state index in [0.29, 0.717) is 0 Å². The summed E-state index contributed by atoms with van der Waals surface area (Å²) in [4.78, 5) is 17.5. The van der Waals surface area contributed by atoms with Gasteiger partial charge in [-0.15, -0.1) is 5.10 Å². The van der Waals surface area contributed by atoms with Crippen molar-refractivity contribution in [1.82, 2.24) is 19.6 Å². The van der Waals surface area contributed by atoms with E-state index in [1.54, 1.807) is 0 Å². The van der Waals surface area contributed by atoms with Crippen LogP contribution in [-0.4, -0.2) is 30.7 Å². The normalized spacial score (nSPS) is 11.1. The minimum absolute atomic E-state index is 0.0599. The van der Waals surface area contributed by atoms with Gasteiger partial charge in [-0.05, 0) is 0 Å². The summed E-state index contributed by atoms with van der Waals surface area (Å²) in [6, 6.07) is 0. The summed E-state index contributed by atoms with van der Waals surface area (Å²) in [7, 11) is 0. The first kappa shape index (κ1) is 9.44. The number of alkyl halides is 2. The number of aromatic nitrogens is 4. The predicted molar refractivity (Wildman–Crippen MR) is 42.7 cm³/mol. The molecule has 2 heterocycles. The van der Waals surface area contributed by atoms with Gasteiger partial charge in [-0.3, -0.25) is 0 Å². The van der Waals surface area contributed by atoms with Gasteiger partial charge in [0.15, 0.2) is 0 Å². The number of hydrogen-bond donors (Lipinski definition) is 1. The molecule has 0 aliphatic heterocycles. The van der Waals surface area contributed by atoms with Crippen LogP contribution in [0.3, 0.4) is 0 Å². The van der Waals surface area contributed by atoms with Gasteiger partial charge >= 0.3 is 5.97 Å². The van der Waals surface area contributed by atoms with Crippen molar-refractivity contribution in [2.24, 2.45) is 0 Å². The molecule has 0 aromatic carbocycles. The zero-order chi connectivity index (χ0) is 11.0. The molecule has 0 amide bonds. The van der Waals surface area contributed by atoms with Crippen LogP contribution in [0.5, 0.6) is 0 Å². The summed E-state index contributed by atoms with van der Waals surface area (Å²) in [6.07, 6.45) is -0.703. The molecule has 6 nitrogen and oxygen atoms in total. The third-order valence-corrected chi connectivity index (χ3v) is 1.65. The van der Waals surface area contributed by atoms with E-state index >= 15 is 0 Å². The first-order valence-corrected chi connectivity index (χ1v) is 3.81. The van der Waals surface area contributed by atoms with E-state index < -0.39 is 18.2 Å². The summed E-state index contributed by atoms with van der Waals surface area (Å²) in [5.41, 5.74) is -0.145. The van der Waals surface area contributed by atoms with E-state index in [9.17, 15) is 13.6 Å². The fraction of sp³-hybridized carbons (Fsp3) is 0.143. The molecule has 8 heteroatoms. The number of hydrogen-bond acceptors (Lipinski definition) is 4. The maximum atomic E-state index is 12.2. The van der Waals surface area contributed by atoms with Crippen LogP contribution in [-0.2, 0) is 0 Å². The first-order chi connectivity index (χ1) is 7.08. The van der Waals surface area contributed by atoms with Crippen molar-refractivity contribution in [2.75, 3.05) is 0 Å². The molecule has 1 N–H and O–H groups in total. The van der Waals surface area contributed by atoms with Gasteiger partial charge in [-0.2, -0.15) is 4.98 Å². The van der Waals surface area contributed by atoms with Crippen molar-refractivity contribution in [3.8, 4) is 0 Å². The molecule has 0 atom stereocenters. The molecule has 0 unspecified atom stereocenters. The van der Waals surface area contributed by atoms with Gasteiger partial charge in [-0.25, -0.2) is 23.1 Å². The third kappa shape index (κ3) is 1.60. The molecule has 78 valence electrons. The number of fused-ring (bicyclic) bond motifs is 1. The minimum Gasteiger partial charge on any atom is -0.478 e. The molecule has 0 aliphatic rings. The molecular weight excluding hydrogens is 210 g/mol. The lowest BCUT2D eigenvalue weighted by molar-refractivity contribution is 0.0695. The predicted octanol–water partition coefficient (Wildman–Crippen LogP) is 0.760. The molecule has 2 aromatic rings. The maximum Gasteiger partial charge on any atom is 0.338 e.